The maximum absolute atomic E-state index is 5.28. The van der Waals surface area contributed by atoms with Crippen molar-refractivity contribution >= 4 is 23.6 Å². The van der Waals surface area contributed by atoms with Crippen molar-refractivity contribution in [3.63, 3.8) is 0 Å². The number of hydrogen-bond acceptors (Lipinski definition) is 4. The first-order valence-corrected chi connectivity index (χ1v) is 6.30. The Hall–Kier alpha value is -1.33. The molecule has 1 N–H and O–H groups in total. The van der Waals surface area contributed by atoms with Crippen LogP contribution in [-0.2, 0) is 0 Å². The van der Waals surface area contributed by atoms with Crippen LogP contribution in [-0.4, -0.2) is 19.2 Å². The Morgan fingerprint density at radius 1 is 1.18 bits per heavy atom. The Balaban J connectivity index is 2.53. The van der Waals surface area contributed by atoms with Gasteiger partial charge in [-0.05, 0) is 37.3 Å². The fourth-order valence-corrected chi connectivity index (χ4v) is 2.85. The maximum Gasteiger partial charge on any atom is 0.161 e. The molecule has 1 aromatic carbocycles. The highest BCUT2D eigenvalue weighted by atomic mass is 32.1. The highest BCUT2D eigenvalue weighted by molar-refractivity contribution is 7.73. The van der Waals surface area contributed by atoms with Gasteiger partial charge in [0.05, 0.1) is 19.9 Å². The van der Waals surface area contributed by atoms with E-state index in [1.807, 2.05) is 25.1 Å². The second-order valence-electron chi connectivity index (χ2n) is 3.52. The summed E-state index contributed by atoms with van der Waals surface area (Å²) >= 11 is 6.71. The third kappa shape index (κ3) is 2.35. The van der Waals surface area contributed by atoms with E-state index in [1.54, 1.807) is 25.6 Å². The average molecular weight is 267 g/mol. The van der Waals surface area contributed by atoms with Crippen molar-refractivity contribution in [3.05, 3.63) is 27.0 Å². The molecule has 5 heteroatoms. The number of H-pyrrole nitrogens is 1. The molecular formula is C12H13NO2S2. The maximum atomic E-state index is 5.28. The van der Waals surface area contributed by atoms with E-state index in [9.17, 15) is 0 Å². The zero-order chi connectivity index (χ0) is 12.4. The van der Waals surface area contributed by atoms with E-state index in [2.05, 4.69) is 4.98 Å². The number of aromatic nitrogens is 1. The molecule has 1 aromatic heterocycles. The molecule has 17 heavy (non-hydrogen) atoms. The minimum atomic E-state index is 0.718. The summed E-state index contributed by atoms with van der Waals surface area (Å²) in [6.07, 6.45) is 0. The van der Waals surface area contributed by atoms with Gasteiger partial charge in [0.15, 0.2) is 15.5 Å². The number of ether oxygens (including phenoxy) is 2. The molecule has 0 saturated heterocycles. The fraction of sp³-hybridized carbons (Fsp3) is 0.250. The molecule has 2 rings (SSSR count). The molecule has 0 fully saturated rings. The van der Waals surface area contributed by atoms with Crippen LogP contribution in [0.2, 0.25) is 0 Å². The summed E-state index contributed by atoms with van der Waals surface area (Å²) in [7, 11) is 3.26. The number of benzene rings is 1. The quantitative estimate of drug-likeness (QED) is 0.859. The highest BCUT2D eigenvalue weighted by Gasteiger charge is 2.09. The van der Waals surface area contributed by atoms with E-state index in [1.165, 1.54) is 4.88 Å². The zero-order valence-corrected chi connectivity index (χ0v) is 11.5. The van der Waals surface area contributed by atoms with E-state index in [-0.39, 0.29) is 0 Å². The Labute approximate surface area is 109 Å². The standard InChI is InChI=1S/C12H13NO2S2/c1-7-11(13-12(16)17-7)8-4-5-9(14-2)10(6-8)15-3/h4-6H,1-3H3,(H,13,16). The molecule has 0 atom stereocenters. The number of hydrogen-bond donors (Lipinski definition) is 1. The SMILES string of the molecule is COc1ccc(-c2[nH]c(=S)sc2C)cc1OC. The Morgan fingerprint density at radius 3 is 2.41 bits per heavy atom. The highest BCUT2D eigenvalue weighted by Crippen LogP contribution is 2.33. The van der Waals surface area contributed by atoms with E-state index in [0.29, 0.717) is 0 Å². The average Bonchev–Trinajstić information content (AvgIpc) is 2.67. The Morgan fingerprint density at radius 2 is 1.88 bits per heavy atom. The van der Waals surface area contributed by atoms with Crippen molar-refractivity contribution in [3.8, 4) is 22.8 Å². The van der Waals surface area contributed by atoms with Gasteiger partial charge in [0, 0.05) is 10.4 Å². The van der Waals surface area contributed by atoms with Crippen molar-refractivity contribution in [2.75, 3.05) is 14.2 Å². The third-order valence-electron chi connectivity index (χ3n) is 2.50. The molecule has 0 aliphatic rings. The summed E-state index contributed by atoms with van der Waals surface area (Å²) in [4.78, 5) is 4.36. The lowest BCUT2D eigenvalue weighted by atomic mass is 10.1. The summed E-state index contributed by atoms with van der Waals surface area (Å²) in [5, 5.41) is 0. The normalized spacial score (nSPS) is 10.3. The lowest BCUT2D eigenvalue weighted by molar-refractivity contribution is 0.355. The lowest BCUT2D eigenvalue weighted by Crippen LogP contribution is -1.91. The van der Waals surface area contributed by atoms with Crippen LogP contribution in [0, 0.1) is 10.9 Å². The van der Waals surface area contributed by atoms with Gasteiger partial charge in [-0.3, -0.25) is 0 Å². The number of rotatable bonds is 3. The van der Waals surface area contributed by atoms with Crippen LogP contribution in [0.3, 0.4) is 0 Å². The van der Waals surface area contributed by atoms with E-state index < -0.39 is 0 Å². The van der Waals surface area contributed by atoms with Crippen LogP contribution in [0.5, 0.6) is 11.5 Å². The minimum absolute atomic E-state index is 0.718. The summed E-state index contributed by atoms with van der Waals surface area (Å²) in [6, 6.07) is 5.82. The predicted octanol–water partition coefficient (Wildman–Crippen LogP) is 3.80. The van der Waals surface area contributed by atoms with Crippen LogP contribution in [0.4, 0.5) is 0 Å². The van der Waals surface area contributed by atoms with Gasteiger partial charge in [0.25, 0.3) is 0 Å². The van der Waals surface area contributed by atoms with Gasteiger partial charge in [-0.1, -0.05) is 0 Å². The molecule has 0 saturated carbocycles. The molecule has 3 nitrogen and oxygen atoms in total. The molecule has 0 aliphatic carbocycles. The summed E-state index contributed by atoms with van der Waals surface area (Å²) in [5.74, 6) is 1.44. The Kier molecular flexibility index (Phi) is 3.49. The zero-order valence-electron chi connectivity index (χ0n) is 9.87. The monoisotopic (exact) mass is 267 g/mol. The van der Waals surface area contributed by atoms with Crippen molar-refractivity contribution in [1.82, 2.24) is 4.98 Å². The second-order valence-corrected chi connectivity index (χ2v) is 5.41. The predicted molar refractivity (Wildman–Crippen MR) is 72.8 cm³/mol. The van der Waals surface area contributed by atoms with Gasteiger partial charge < -0.3 is 14.5 Å². The summed E-state index contributed by atoms with van der Waals surface area (Å²) in [5.41, 5.74) is 2.09. The van der Waals surface area contributed by atoms with Crippen LogP contribution in [0.25, 0.3) is 11.3 Å². The van der Waals surface area contributed by atoms with Crippen molar-refractivity contribution in [1.29, 1.82) is 0 Å². The van der Waals surface area contributed by atoms with Gasteiger partial charge in [0.1, 0.15) is 0 Å². The van der Waals surface area contributed by atoms with Crippen LogP contribution >= 0.6 is 23.6 Å². The Bertz CT molecular complexity index is 586. The van der Waals surface area contributed by atoms with E-state index in [4.69, 9.17) is 21.7 Å². The minimum Gasteiger partial charge on any atom is -0.493 e. The van der Waals surface area contributed by atoms with Crippen LogP contribution in [0.15, 0.2) is 18.2 Å². The number of aromatic amines is 1. The van der Waals surface area contributed by atoms with Gasteiger partial charge in [-0.25, -0.2) is 0 Å². The number of aryl methyl sites for hydroxylation is 1. The van der Waals surface area contributed by atoms with Gasteiger partial charge >= 0.3 is 0 Å². The summed E-state index contributed by atoms with van der Waals surface area (Å²) in [6.45, 7) is 2.04. The molecule has 0 radical (unpaired) electrons. The molecular weight excluding hydrogens is 254 g/mol. The molecule has 0 spiro atoms. The molecule has 1 heterocycles. The molecule has 0 unspecified atom stereocenters. The van der Waals surface area contributed by atoms with Crippen molar-refractivity contribution < 1.29 is 9.47 Å². The van der Waals surface area contributed by atoms with E-state index in [0.717, 1.165) is 26.7 Å². The molecule has 2 aromatic rings. The molecule has 0 aliphatic heterocycles. The molecule has 0 bridgehead atoms. The number of methoxy groups -OCH3 is 2. The molecule has 90 valence electrons. The van der Waals surface area contributed by atoms with Crippen molar-refractivity contribution in [2.24, 2.45) is 0 Å². The van der Waals surface area contributed by atoms with Gasteiger partial charge in [0.2, 0.25) is 0 Å². The third-order valence-corrected chi connectivity index (χ3v) is 3.65. The number of thiazole rings is 1. The van der Waals surface area contributed by atoms with E-state index >= 15 is 0 Å². The fourth-order valence-electron chi connectivity index (χ4n) is 1.67. The first-order valence-electron chi connectivity index (χ1n) is 5.08. The van der Waals surface area contributed by atoms with Crippen LogP contribution in [0.1, 0.15) is 4.88 Å². The largest absolute Gasteiger partial charge is 0.493 e. The first-order chi connectivity index (χ1) is 8.15. The van der Waals surface area contributed by atoms with Gasteiger partial charge in [-0.15, -0.1) is 11.3 Å². The van der Waals surface area contributed by atoms with Crippen molar-refractivity contribution in [2.45, 2.75) is 6.92 Å². The summed E-state index contributed by atoms with van der Waals surface area (Å²) < 4.78 is 11.3. The van der Waals surface area contributed by atoms with Crippen LogP contribution < -0.4 is 9.47 Å². The number of nitrogens with one attached hydrogen (secondary N) is 1. The first kappa shape index (κ1) is 12.1. The van der Waals surface area contributed by atoms with Gasteiger partial charge in [-0.2, -0.15) is 0 Å². The topological polar surface area (TPSA) is 34.2 Å². The lowest BCUT2D eigenvalue weighted by Gasteiger charge is -2.09. The smallest absolute Gasteiger partial charge is 0.161 e. The second kappa shape index (κ2) is 4.89. The molecule has 0 amide bonds.